The lowest BCUT2D eigenvalue weighted by Crippen LogP contribution is -2.50. The molecular weight excluding hydrogens is 362 g/mol. The lowest BCUT2D eigenvalue weighted by atomic mass is 10.1. The second-order valence-electron chi connectivity index (χ2n) is 7.58. The Bertz CT molecular complexity index is 822. The first-order valence-electron chi connectivity index (χ1n) is 10.5. The summed E-state index contributed by atoms with van der Waals surface area (Å²) in [5.74, 6) is 0.0783. The quantitative estimate of drug-likeness (QED) is 0.749. The molecule has 2 amide bonds. The average molecular weight is 394 g/mol. The summed E-state index contributed by atoms with van der Waals surface area (Å²) in [5, 5.41) is 0. The fourth-order valence-corrected chi connectivity index (χ4v) is 3.73. The van der Waals surface area contributed by atoms with Gasteiger partial charge in [-0.25, -0.2) is 0 Å². The fourth-order valence-electron chi connectivity index (χ4n) is 3.73. The Morgan fingerprint density at radius 1 is 0.793 bits per heavy atom. The maximum absolute atomic E-state index is 12.9. The minimum atomic E-state index is 0.0389. The van der Waals surface area contributed by atoms with Crippen LogP contribution in [-0.2, 0) is 0 Å². The number of rotatable bonds is 6. The second kappa shape index (κ2) is 9.59. The van der Waals surface area contributed by atoms with E-state index in [1.807, 2.05) is 65.3 Å². The molecule has 0 saturated carbocycles. The van der Waals surface area contributed by atoms with Crippen LogP contribution in [0.1, 0.15) is 46.5 Å². The van der Waals surface area contributed by atoms with Crippen LogP contribution in [0.15, 0.2) is 48.5 Å². The molecule has 0 aromatic heterocycles. The van der Waals surface area contributed by atoms with Gasteiger partial charge in [-0.1, -0.05) is 24.6 Å². The van der Waals surface area contributed by atoms with Crippen molar-refractivity contribution in [1.29, 1.82) is 0 Å². The van der Waals surface area contributed by atoms with Crippen LogP contribution in [-0.4, -0.2) is 60.9 Å². The number of carbonyl (C=O) groups is 2. The first kappa shape index (κ1) is 20.9. The predicted octanol–water partition coefficient (Wildman–Crippen LogP) is 3.83. The first-order valence-corrected chi connectivity index (χ1v) is 10.5. The zero-order valence-corrected chi connectivity index (χ0v) is 17.7. The summed E-state index contributed by atoms with van der Waals surface area (Å²) in [4.78, 5) is 31.5. The summed E-state index contributed by atoms with van der Waals surface area (Å²) in [6, 6.07) is 15.5. The zero-order chi connectivity index (χ0) is 20.8. The molecule has 2 aromatic rings. The number of anilines is 1. The van der Waals surface area contributed by atoms with E-state index in [4.69, 9.17) is 0 Å². The number of piperazine rings is 1. The van der Waals surface area contributed by atoms with Gasteiger partial charge in [0.05, 0.1) is 0 Å². The van der Waals surface area contributed by atoms with Crippen molar-refractivity contribution in [2.45, 2.75) is 27.2 Å². The molecule has 0 unspecified atom stereocenters. The highest BCUT2D eigenvalue weighted by Crippen LogP contribution is 2.18. The molecule has 5 nitrogen and oxygen atoms in total. The molecule has 2 aromatic carbocycles. The van der Waals surface area contributed by atoms with E-state index >= 15 is 0 Å². The number of carbonyl (C=O) groups excluding carboxylic acids is 2. The first-order chi connectivity index (χ1) is 14.0. The molecule has 1 fully saturated rings. The molecular formula is C24H31N3O2. The second-order valence-corrected chi connectivity index (χ2v) is 7.58. The predicted molar refractivity (Wildman–Crippen MR) is 118 cm³/mol. The van der Waals surface area contributed by atoms with Gasteiger partial charge in [-0.15, -0.1) is 0 Å². The van der Waals surface area contributed by atoms with E-state index in [9.17, 15) is 9.59 Å². The van der Waals surface area contributed by atoms with Gasteiger partial charge in [-0.05, 0) is 56.7 Å². The van der Waals surface area contributed by atoms with Crippen molar-refractivity contribution in [3.63, 3.8) is 0 Å². The summed E-state index contributed by atoms with van der Waals surface area (Å²) < 4.78 is 0. The molecule has 0 spiro atoms. The van der Waals surface area contributed by atoms with Crippen molar-refractivity contribution in [2.75, 3.05) is 44.2 Å². The minimum Gasteiger partial charge on any atom is -0.372 e. The topological polar surface area (TPSA) is 43.9 Å². The van der Waals surface area contributed by atoms with Crippen molar-refractivity contribution in [3.05, 3.63) is 65.2 Å². The standard InChI is InChI=1S/C24H31N3O2/c1-4-14-25(5-2)22-12-10-21(11-13-22)24(29)27-17-15-26(16-18-27)23(28)20-8-6-19(3)7-9-20/h6-13H,4-5,14-18H2,1-3H3. The number of amides is 2. The monoisotopic (exact) mass is 393 g/mol. The van der Waals surface area contributed by atoms with Gasteiger partial charge < -0.3 is 14.7 Å². The van der Waals surface area contributed by atoms with Gasteiger partial charge in [0.2, 0.25) is 0 Å². The van der Waals surface area contributed by atoms with Crippen molar-refractivity contribution in [1.82, 2.24) is 9.80 Å². The van der Waals surface area contributed by atoms with E-state index in [0.717, 1.165) is 30.8 Å². The maximum atomic E-state index is 12.9. The Labute approximate surface area is 173 Å². The van der Waals surface area contributed by atoms with E-state index in [1.165, 1.54) is 0 Å². The Morgan fingerprint density at radius 2 is 1.24 bits per heavy atom. The molecule has 0 N–H and O–H groups in total. The average Bonchev–Trinajstić information content (AvgIpc) is 2.77. The molecule has 1 saturated heterocycles. The van der Waals surface area contributed by atoms with Gasteiger partial charge in [0.15, 0.2) is 0 Å². The Hall–Kier alpha value is -2.82. The Morgan fingerprint density at radius 3 is 1.66 bits per heavy atom. The molecule has 3 rings (SSSR count). The number of hydrogen-bond acceptors (Lipinski definition) is 3. The third kappa shape index (κ3) is 4.97. The van der Waals surface area contributed by atoms with E-state index in [0.29, 0.717) is 37.3 Å². The summed E-state index contributed by atoms with van der Waals surface area (Å²) in [5.41, 5.74) is 3.71. The van der Waals surface area contributed by atoms with Gasteiger partial charge in [0.1, 0.15) is 0 Å². The van der Waals surface area contributed by atoms with Gasteiger partial charge in [-0.2, -0.15) is 0 Å². The number of hydrogen-bond donors (Lipinski definition) is 0. The Balaban J connectivity index is 1.58. The third-order valence-corrected chi connectivity index (χ3v) is 5.51. The van der Waals surface area contributed by atoms with E-state index in [1.54, 1.807) is 0 Å². The van der Waals surface area contributed by atoms with Gasteiger partial charge >= 0.3 is 0 Å². The lowest BCUT2D eigenvalue weighted by molar-refractivity contribution is 0.0535. The highest BCUT2D eigenvalue weighted by Gasteiger charge is 2.25. The van der Waals surface area contributed by atoms with Crippen molar-refractivity contribution in [3.8, 4) is 0 Å². The molecule has 0 atom stereocenters. The van der Waals surface area contributed by atoms with Crippen LogP contribution in [0.4, 0.5) is 5.69 Å². The summed E-state index contributed by atoms with van der Waals surface area (Å²) in [6.07, 6.45) is 1.10. The third-order valence-electron chi connectivity index (χ3n) is 5.51. The van der Waals surface area contributed by atoms with Crippen LogP contribution in [0.3, 0.4) is 0 Å². The zero-order valence-electron chi connectivity index (χ0n) is 17.7. The van der Waals surface area contributed by atoms with Gasteiger partial charge in [0, 0.05) is 56.1 Å². The minimum absolute atomic E-state index is 0.0389. The highest BCUT2D eigenvalue weighted by atomic mass is 16.2. The number of aryl methyl sites for hydroxylation is 1. The van der Waals surface area contributed by atoms with Crippen molar-refractivity contribution < 1.29 is 9.59 Å². The highest BCUT2D eigenvalue weighted by molar-refractivity contribution is 5.96. The van der Waals surface area contributed by atoms with Crippen molar-refractivity contribution in [2.24, 2.45) is 0 Å². The van der Waals surface area contributed by atoms with Crippen LogP contribution < -0.4 is 4.90 Å². The summed E-state index contributed by atoms with van der Waals surface area (Å²) >= 11 is 0. The molecule has 5 heteroatoms. The largest absolute Gasteiger partial charge is 0.372 e. The normalized spacial score (nSPS) is 14.0. The molecule has 154 valence electrons. The van der Waals surface area contributed by atoms with Crippen LogP contribution in [0.2, 0.25) is 0 Å². The molecule has 0 aliphatic carbocycles. The fraction of sp³-hybridized carbons (Fsp3) is 0.417. The SMILES string of the molecule is CCCN(CC)c1ccc(C(=O)N2CCN(C(=O)c3ccc(C)cc3)CC2)cc1. The Kier molecular flexibility index (Phi) is 6.91. The number of benzene rings is 2. The van der Waals surface area contributed by atoms with Crippen LogP contribution in [0.25, 0.3) is 0 Å². The van der Waals surface area contributed by atoms with Gasteiger partial charge in [0.25, 0.3) is 11.8 Å². The summed E-state index contributed by atoms with van der Waals surface area (Å²) in [6.45, 7) is 10.6. The van der Waals surface area contributed by atoms with Crippen LogP contribution >= 0.6 is 0 Å². The van der Waals surface area contributed by atoms with E-state index < -0.39 is 0 Å². The smallest absolute Gasteiger partial charge is 0.253 e. The maximum Gasteiger partial charge on any atom is 0.253 e. The summed E-state index contributed by atoms with van der Waals surface area (Å²) in [7, 11) is 0. The van der Waals surface area contributed by atoms with E-state index in [-0.39, 0.29) is 11.8 Å². The lowest BCUT2D eigenvalue weighted by Gasteiger charge is -2.35. The van der Waals surface area contributed by atoms with Gasteiger partial charge in [-0.3, -0.25) is 9.59 Å². The molecule has 0 radical (unpaired) electrons. The van der Waals surface area contributed by atoms with Crippen molar-refractivity contribution >= 4 is 17.5 Å². The van der Waals surface area contributed by atoms with E-state index in [2.05, 4.69) is 18.7 Å². The van der Waals surface area contributed by atoms with Crippen LogP contribution in [0, 0.1) is 6.92 Å². The van der Waals surface area contributed by atoms with Crippen LogP contribution in [0.5, 0.6) is 0 Å². The molecule has 1 aliphatic rings. The molecule has 1 heterocycles. The number of nitrogens with zero attached hydrogens (tertiary/aromatic N) is 3. The molecule has 0 bridgehead atoms. The molecule has 1 aliphatic heterocycles. The molecule has 29 heavy (non-hydrogen) atoms.